The molecule has 0 radical (unpaired) electrons. The van der Waals surface area contributed by atoms with E-state index in [0.29, 0.717) is 0 Å². The molecule has 5 heterocycles. The molecule has 8 bridgehead atoms. The Morgan fingerprint density at radius 3 is 1.30 bits per heavy atom. The number of hydrogen-bond acceptors (Lipinski definition) is 3. The third-order valence-corrected chi connectivity index (χ3v) is 4.04. The Kier molecular flexibility index (Phi) is 5.99. The molecular formula is C20H14Fe2N4O. The molecule has 0 atom stereocenters. The minimum atomic E-state index is 0. The molecule has 0 aromatic carbocycles. The van der Waals surface area contributed by atoms with Gasteiger partial charge in [0.05, 0.1) is 22.8 Å². The van der Waals surface area contributed by atoms with Gasteiger partial charge in [-0.25, -0.2) is 9.97 Å². The van der Waals surface area contributed by atoms with Crippen molar-refractivity contribution >= 4 is 46.4 Å². The molecule has 3 aromatic heterocycles. The van der Waals surface area contributed by atoms with Crippen molar-refractivity contribution in [3.63, 3.8) is 0 Å². The molecule has 0 fully saturated rings. The van der Waals surface area contributed by atoms with E-state index in [9.17, 15) is 0 Å². The zero-order chi connectivity index (χ0) is 17.9. The summed E-state index contributed by atoms with van der Waals surface area (Å²) in [7, 11) is 0. The molecule has 5 rings (SSSR count). The first-order chi connectivity index (χ1) is 12.8. The van der Waals surface area contributed by atoms with Gasteiger partial charge in [-0.05, 0) is 72.8 Å². The van der Waals surface area contributed by atoms with Crippen LogP contribution in [0, 0.1) is 0 Å². The van der Waals surface area contributed by atoms with E-state index < -0.39 is 0 Å². The van der Waals surface area contributed by atoms with Gasteiger partial charge in [0, 0.05) is 39.1 Å². The fourth-order valence-corrected chi connectivity index (χ4v) is 2.94. The monoisotopic (exact) mass is 438 g/mol. The summed E-state index contributed by atoms with van der Waals surface area (Å²) in [5.41, 5.74) is 7.86. The summed E-state index contributed by atoms with van der Waals surface area (Å²) in [6.07, 6.45) is 8.05. The van der Waals surface area contributed by atoms with Crippen molar-refractivity contribution in [1.29, 1.82) is 0 Å². The molecule has 0 aliphatic carbocycles. The molecule has 2 aliphatic heterocycles. The van der Waals surface area contributed by atoms with E-state index in [-0.39, 0.29) is 17.1 Å². The number of H-pyrrole nitrogens is 2. The minimum absolute atomic E-state index is 0. The van der Waals surface area contributed by atoms with Crippen molar-refractivity contribution in [2.75, 3.05) is 0 Å². The standard InChI is InChI=1S/C20H14N4.2Fe.O/c1-2-14-10-16-5-6-18(23-16)12-20-8-7-19(24-20)11-17-4-3-15(22-17)9-13(1)21-14;;;/h1-12,21-22H;;;. The molecule has 5 nitrogen and oxygen atoms in total. The Labute approximate surface area is 174 Å². The van der Waals surface area contributed by atoms with Crippen molar-refractivity contribution < 1.29 is 36.8 Å². The Morgan fingerprint density at radius 2 is 0.889 bits per heavy atom. The summed E-state index contributed by atoms with van der Waals surface area (Å²) >= 11 is 2.00. The molecule has 136 valence electrons. The van der Waals surface area contributed by atoms with E-state index in [4.69, 9.17) is 3.83 Å². The van der Waals surface area contributed by atoms with E-state index >= 15 is 0 Å². The SMILES string of the molecule is C1=Cc2cc3ccc(cc4ccc(cc5nc(cc1n2)C=C5)[nH]4)[nH]3.[Fe].[O]=[Fe]. The maximum atomic E-state index is 8.00. The number of hydrogen-bond donors (Lipinski definition) is 2. The van der Waals surface area contributed by atoms with Gasteiger partial charge < -0.3 is 9.97 Å². The summed E-state index contributed by atoms with van der Waals surface area (Å²) in [5, 5.41) is 0. The second-order valence-corrected chi connectivity index (χ2v) is 5.91. The zero-order valence-corrected chi connectivity index (χ0v) is 16.1. The van der Waals surface area contributed by atoms with Gasteiger partial charge in [-0.2, -0.15) is 0 Å². The first-order valence-electron chi connectivity index (χ1n) is 7.99. The van der Waals surface area contributed by atoms with Crippen molar-refractivity contribution in [2.24, 2.45) is 0 Å². The Balaban J connectivity index is 0.000000680. The molecule has 0 saturated heterocycles. The Bertz CT molecular complexity index is 1100. The van der Waals surface area contributed by atoms with Crippen LogP contribution in [0.2, 0.25) is 0 Å². The molecule has 0 unspecified atom stereocenters. The van der Waals surface area contributed by atoms with E-state index in [0.717, 1.165) is 44.8 Å². The zero-order valence-electron chi connectivity index (χ0n) is 13.9. The Hall–Kier alpha value is -2.56. The first kappa shape index (κ1) is 19.2. The second-order valence-electron chi connectivity index (χ2n) is 5.91. The van der Waals surface area contributed by atoms with Gasteiger partial charge in [0.1, 0.15) is 0 Å². The average molecular weight is 438 g/mol. The molecule has 0 amide bonds. The molecule has 3 aromatic rings. The topological polar surface area (TPSA) is 74.4 Å². The molecule has 0 spiro atoms. The van der Waals surface area contributed by atoms with Gasteiger partial charge in [0.15, 0.2) is 0 Å². The fourth-order valence-electron chi connectivity index (χ4n) is 2.94. The molecule has 0 saturated carbocycles. The van der Waals surface area contributed by atoms with Crippen LogP contribution in [0.4, 0.5) is 0 Å². The van der Waals surface area contributed by atoms with Crippen LogP contribution in [0.25, 0.3) is 46.4 Å². The molecular weight excluding hydrogens is 424 g/mol. The molecule has 27 heavy (non-hydrogen) atoms. The predicted molar refractivity (Wildman–Crippen MR) is 99.5 cm³/mol. The fraction of sp³-hybridized carbons (Fsp3) is 0. The van der Waals surface area contributed by atoms with E-state index in [1.165, 1.54) is 0 Å². The third kappa shape index (κ3) is 4.41. The maximum absolute atomic E-state index is 8.00. The summed E-state index contributed by atoms with van der Waals surface area (Å²) in [5.74, 6) is 0. The van der Waals surface area contributed by atoms with Gasteiger partial charge in [0.2, 0.25) is 0 Å². The van der Waals surface area contributed by atoms with Gasteiger partial charge in [-0.3, -0.25) is 0 Å². The normalized spacial score (nSPS) is 11.4. The van der Waals surface area contributed by atoms with E-state index in [1.807, 2.05) is 58.4 Å². The molecule has 2 aliphatic rings. The summed E-state index contributed by atoms with van der Waals surface area (Å²) in [6.45, 7) is 0. The second kappa shape index (κ2) is 8.42. The van der Waals surface area contributed by atoms with Crippen LogP contribution >= 0.6 is 0 Å². The number of fused-ring (bicyclic) bond motifs is 8. The average Bonchev–Trinajstić information content (AvgIpc) is 3.42. The first-order valence-corrected chi connectivity index (χ1v) is 8.44. The van der Waals surface area contributed by atoms with E-state index in [1.54, 1.807) is 0 Å². The van der Waals surface area contributed by atoms with Crippen molar-refractivity contribution in [1.82, 2.24) is 19.9 Å². The number of nitrogens with zero attached hydrogens (tertiary/aromatic N) is 2. The number of rotatable bonds is 0. The van der Waals surface area contributed by atoms with Crippen molar-refractivity contribution in [3.8, 4) is 0 Å². The number of aromatic nitrogens is 4. The van der Waals surface area contributed by atoms with Crippen LogP contribution in [0.3, 0.4) is 0 Å². The summed E-state index contributed by atoms with van der Waals surface area (Å²) < 4.78 is 8.00. The predicted octanol–water partition coefficient (Wildman–Crippen LogP) is 4.53. The molecule has 7 heteroatoms. The van der Waals surface area contributed by atoms with Crippen LogP contribution in [0.5, 0.6) is 0 Å². The quantitative estimate of drug-likeness (QED) is 0.349. The van der Waals surface area contributed by atoms with Gasteiger partial charge >= 0.3 is 19.8 Å². The van der Waals surface area contributed by atoms with Crippen LogP contribution in [0.1, 0.15) is 22.8 Å². The van der Waals surface area contributed by atoms with E-state index in [2.05, 4.69) is 50.3 Å². The van der Waals surface area contributed by atoms with Crippen molar-refractivity contribution in [2.45, 2.75) is 0 Å². The molecule has 2 N–H and O–H groups in total. The van der Waals surface area contributed by atoms with Gasteiger partial charge in [-0.15, -0.1) is 0 Å². The summed E-state index contributed by atoms with van der Waals surface area (Å²) in [4.78, 5) is 16.0. The number of aromatic amines is 2. The Morgan fingerprint density at radius 1 is 0.556 bits per heavy atom. The van der Waals surface area contributed by atoms with Crippen LogP contribution in [-0.4, -0.2) is 19.9 Å². The number of nitrogens with one attached hydrogen (secondary N) is 2. The summed E-state index contributed by atoms with van der Waals surface area (Å²) in [6, 6.07) is 16.4. The van der Waals surface area contributed by atoms with Crippen molar-refractivity contribution in [3.05, 3.63) is 71.3 Å². The van der Waals surface area contributed by atoms with Crippen LogP contribution in [0.15, 0.2) is 48.5 Å². The third-order valence-electron chi connectivity index (χ3n) is 4.04. The van der Waals surface area contributed by atoms with Crippen LogP contribution < -0.4 is 0 Å². The van der Waals surface area contributed by atoms with Crippen LogP contribution in [-0.2, 0) is 36.8 Å². The van der Waals surface area contributed by atoms with Gasteiger partial charge in [-0.1, -0.05) is 0 Å². The van der Waals surface area contributed by atoms with Gasteiger partial charge in [0.25, 0.3) is 0 Å².